The smallest absolute Gasteiger partial charge is 0.348 e. The van der Waals surface area contributed by atoms with Crippen LogP contribution in [0.1, 0.15) is 18.4 Å². The minimum Gasteiger partial charge on any atom is -0.412 e. The molecule has 1 spiro atoms. The summed E-state index contributed by atoms with van der Waals surface area (Å²) in [6.07, 6.45) is 5.53. The lowest BCUT2D eigenvalue weighted by atomic mass is 10.1. The summed E-state index contributed by atoms with van der Waals surface area (Å²) in [4.78, 5) is 24.8. The van der Waals surface area contributed by atoms with E-state index < -0.39 is 17.7 Å². The predicted octanol–water partition coefficient (Wildman–Crippen LogP) is 2.31. The SMILES string of the molecule is Cn1ccc2cc(CCC=C3C(=O)OC4(CC[N+](C)(C)C4)OC3=O)ccc21. The van der Waals surface area contributed by atoms with Gasteiger partial charge in [-0.3, -0.25) is 0 Å². The summed E-state index contributed by atoms with van der Waals surface area (Å²) in [7, 11) is 6.08. The Hall–Kier alpha value is -2.60. The maximum atomic E-state index is 12.4. The molecule has 0 atom stereocenters. The lowest BCUT2D eigenvalue weighted by molar-refractivity contribution is -0.882. The molecule has 6 heteroatoms. The second-order valence-electron chi connectivity index (χ2n) is 8.23. The van der Waals surface area contributed by atoms with Crippen LogP contribution in [-0.2, 0) is 32.5 Å². The molecular weight excluding hydrogens is 344 g/mol. The normalized spacial score (nSPS) is 24.3. The van der Waals surface area contributed by atoms with Crippen LogP contribution in [0.3, 0.4) is 0 Å². The Labute approximate surface area is 158 Å². The first-order chi connectivity index (χ1) is 12.8. The maximum absolute atomic E-state index is 12.4. The zero-order valence-corrected chi connectivity index (χ0v) is 16.0. The summed E-state index contributed by atoms with van der Waals surface area (Å²) >= 11 is 0. The molecule has 2 aliphatic heterocycles. The molecule has 2 aromatic rings. The van der Waals surface area contributed by atoms with E-state index in [4.69, 9.17) is 9.47 Å². The number of benzene rings is 1. The Morgan fingerprint density at radius 3 is 2.59 bits per heavy atom. The van der Waals surface area contributed by atoms with Crippen molar-refractivity contribution in [3.8, 4) is 0 Å². The van der Waals surface area contributed by atoms with Crippen LogP contribution >= 0.6 is 0 Å². The number of hydrogen-bond donors (Lipinski definition) is 0. The van der Waals surface area contributed by atoms with Crippen molar-refractivity contribution in [2.75, 3.05) is 27.2 Å². The number of carbonyl (C=O) groups excluding carboxylic acids is 2. The van der Waals surface area contributed by atoms with Gasteiger partial charge in [0.2, 0.25) is 0 Å². The molecule has 3 heterocycles. The highest BCUT2D eigenvalue weighted by Gasteiger charge is 2.55. The van der Waals surface area contributed by atoms with Gasteiger partial charge in [0.15, 0.2) is 6.54 Å². The van der Waals surface area contributed by atoms with Crippen molar-refractivity contribution in [3.05, 3.63) is 47.7 Å². The van der Waals surface area contributed by atoms with Crippen LogP contribution in [-0.4, -0.2) is 54.0 Å². The molecule has 0 saturated carbocycles. The summed E-state index contributed by atoms with van der Waals surface area (Å²) in [5.74, 6) is -2.22. The minimum atomic E-state index is -1.09. The van der Waals surface area contributed by atoms with E-state index in [9.17, 15) is 9.59 Å². The monoisotopic (exact) mass is 369 g/mol. The molecule has 2 aliphatic rings. The van der Waals surface area contributed by atoms with Gasteiger partial charge in [-0.15, -0.1) is 0 Å². The fourth-order valence-electron chi connectivity index (χ4n) is 4.04. The number of rotatable bonds is 3. The van der Waals surface area contributed by atoms with Crippen molar-refractivity contribution in [3.63, 3.8) is 0 Å². The van der Waals surface area contributed by atoms with E-state index in [0.717, 1.165) is 18.5 Å². The number of fused-ring (bicyclic) bond motifs is 1. The Morgan fingerprint density at radius 2 is 1.93 bits per heavy atom. The minimum absolute atomic E-state index is 0.0126. The van der Waals surface area contributed by atoms with E-state index in [2.05, 4.69) is 28.8 Å². The van der Waals surface area contributed by atoms with Gasteiger partial charge < -0.3 is 18.5 Å². The molecule has 0 radical (unpaired) electrons. The molecule has 142 valence electrons. The lowest BCUT2D eigenvalue weighted by Crippen LogP contribution is -2.50. The zero-order chi connectivity index (χ0) is 19.2. The van der Waals surface area contributed by atoms with Crippen molar-refractivity contribution in [1.82, 2.24) is 4.57 Å². The van der Waals surface area contributed by atoms with Gasteiger partial charge >= 0.3 is 17.7 Å². The van der Waals surface area contributed by atoms with Crippen molar-refractivity contribution in [2.45, 2.75) is 25.0 Å². The van der Waals surface area contributed by atoms with Crippen LogP contribution in [0.4, 0.5) is 0 Å². The summed E-state index contributed by atoms with van der Waals surface area (Å²) in [6, 6.07) is 8.38. The van der Waals surface area contributed by atoms with Crippen molar-refractivity contribution in [2.24, 2.45) is 7.05 Å². The number of aryl methyl sites for hydroxylation is 2. The van der Waals surface area contributed by atoms with E-state index in [0.29, 0.717) is 23.9 Å². The van der Waals surface area contributed by atoms with E-state index >= 15 is 0 Å². The molecule has 1 aromatic heterocycles. The topological polar surface area (TPSA) is 57.5 Å². The van der Waals surface area contributed by atoms with Gasteiger partial charge in [0.1, 0.15) is 5.57 Å². The largest absolute Gasteiger partial charge is 0.412 e. The second kappa shape index (κ2) is 6.23. The molecule has 2 fully saturated rings. The first kappa shape index (κ1) is 17.8. The number of nitrogens with zero attached hydrogens (tertiary/aromatic N) is 2. The molecule has 0 bridgehead atoms. The summed E-state index contributed by atoms with van der Waals surface area (Å²) in [5.41, 5.74) is 2.35. The third kappa shape index (κ3) is 3.37. The fraction of sp³-hybridized carbons (Fsp3) is 0.429. The molecule has 27 heavy (non-hydrogen) atoms. The van der Waals surface area contributed by atoms with E-state index in [1.165, 1.54) is 10.9 Å². The Balaban J connectivity index is 1.43. The lowest BCUT2D eigenvalue weighted by Gasteiger charge is -2.33. The number of aromatic nitrogens is 1. The van der Waals surface area contributed by atoms with Crippen molar-refractivity contribution >= 4 is 22.8 Å². The van der Waals surface area contributed by atoms with Gasteiger partial charge in [0.05, 0.1) is 27.1 Å². The Morgan fingerprint density at radius 1 is 1.19 bits per heavy atom. The quantitative estimate of drug-likeness (QED) is 0.361. The third-order valence-electron chi connectivity index (χ3n) is 5.50. The highest BCUT2D eigenvalue weighted by Crippen LogP contribution is 2.34. The molecule has 4 rings (SSSR count). The summed E-state index contributed by atoms with van der Waals surface area (Å²) < 4.78 is 13.8. The average Bonchev–Trinajstić information content (AvgIpc) is 3.10. The molecule has 0 unspecified atom stereocenters. The molecule has 2 saturated heterocycles. The summed E-state index contributed by atoms with van der Waals surface area (Å²) in [5, 5.41) is 1.18. The number of ether oxygens (including phenoxy) is 2. The van der Waals surface area contributed by atoms with Crippen LogP contribution in [0.15, 0.2) is 42.1 Å². The Bertz CT molecular complexity index is 934. The van der Waals surface area contributed by atoms with Gasteiger partial charge in [0.25, 0.3) is 0 Å². The van der Waals surface area contributed by atoms with E-state index in [1.54, 1.807) is 6.08 Å². The van der Waals surface area contributed by atoms with Gasteiger partial charge in [0, 0.05) is 18.8 Å². The first-order valence-electron chi connectivity index (χ1n) is 9.30. The average molecular weight is 369 g/mol. The van der Waals surface area contributed by atoms with E-state index in [1.807, 2.05) is 27.3 Å². The molecule has 6 nitrogen and oxygen atoms in total. The van der Waals surface area contributed by atoms with Gasteiger partial charge in [-0.05, 0) is 42.0 Å². The number of quaternary nitrogens is 1. The van der Waals surface area contributed by atoms with E-state index in [-0.39, 0.29) is 5.57 Å². The van der Waals surface area contributed by atoms with Crippen LogP contribution in [0, 0.1) is 0 Å². The third-order valence-corrected chi connectivity index (χ3v) is 5.50. The number of carbonyl (C=O) groups is 2. The first-order valence-corrected chi connectivity index (χ1v) is 9.30. The van der Waals surface area contributed by atoms with Crippen LogP contribution in [0.25, 0.3) is 10.9 Å². The highest BCUT2D eigenvalue weighted by atomic mass is 16.7. The zero-order valence-electron chi connectivity index (χ0n) is 16.0. The number of hydrogen-bond acceptors (Lipinski definition) is 4. The van der Waals surface area contributed by atoms with Gasteiger partial charge in [-0.1, -0.05) is 12.1 Å². The highest BCUT2D eigenvalue weighted by molar-refractivity contribution is 6.15. The Kier molecular flexibility index (Phi) is 4.11. The summed E-state index contributed by atoms with van der Waals surface area (Å²) in [6.45, 7) is 1.30. The predicted molar refractivity (Wildman–Crippen MR) is 101 cm³/mol. The van der Waals surface area contributed by atoms with Gasteiger partial charge in [-0.2, -0.15) is 0 Å². The number of esters is 2. The van der Waals surface area contributed by atoms with Crippen molar-refractivity contribution in [1.29, 1.82) is 0 Å². The molecule has 0 amide bonds. The molecular formula is C21H25N2O4+. The second-order valence-corrected chi connectivity index (χ2v) is 8.23. The van der Waals surface area contributed by atoms with Crippen LogP contribution in [0.5, 0.6) is 0 Å². The van der Waals surface area contributed by atoms with Gasteiger partial charge in [-0.25, -0.2) is 9.59 Å². The maximum Gasteiger partial charge on any atom is 0.348 e. The number of allylic oxidation sites excluding steroid dienone is 1. The number of likely N-dealkylation sites (tertiary alicyclic amines) is 1. The fourth-order valence-corrected chi connectivity index (χ4v) is 4.04. The molecule has 0 aliphatic carbocycles. The van der Waals surface area contributed by atoms with Crippen LogP contribution < -0.4 is 0 Å². The molecule has 0 N–H and O–H groups in total. The standard InChI is InChI=1S/C21H25N2O4/c1-22-11-9-16-13-15(7-8-18(16)22)5-4-6-17-19(24)26-21(27-20(17)25)10-12-23(2,3)14-21/h6-9,11,13H,4-5,10,12,14H2,1-3H3/q+1. The van der Waals surface area contributed by atoms with Crippen LogP contribution in [0.2, 0.25) is 0 Å². The molecule has 1 aromatic carbocycles. The van der Waals surface area contributed by atoms with Crippen molar-refractivity contribution < 1.29 is 23.5 Å². The number of likely N-dealkylation sites (N-methyl/N-ethyl adjacent to an activating group) is 1.